The van der Waals surface area contributed by atoms with Crippen molar-refractivity contribution < 1.29 is 31.7 Å². The molecule has 1 aliphatic heterocycles. The van der Waals surface area contributed by atoms with Crippen LogP contribution >= 0.6 is 11.8 Å². The van der Waals surface area contributed by atoms with E-state index < -0.39 is 16.0 Å². The molecule has 8 nitrogen and oxygen atoms in total. The molecule has 43 heavy (non-hydrogen) atoms. The van der Waals surface area contributed by atoms with Crippen LogP contribution in [0.25, 0.3) is 16.8 Å². The summed E-state index contributed by atoms with van der Waals surface area (Å²) in [5.74, 6) is 0.737. The summed E-state index contributed by atoms with van der Waals surface area (Å²) in [5.41, 5.74) is 2.66. The third-order valence-electron chi connectivity index (χ3n) is 6.94. The van der Waals surface area contributed by atoms with E-state index >= 15 is 0 Å². The molecule has 0 aromatic heterocycles. The maximum Gasteiger partial charge on any atom is 0.339 e. The van der Waals surface area contributed by atoms with Gasteiger partial charge in [-0.1, -0.05) is 68.4 Å². The number of benzene rings is 4. The van der Waals surface area contributed by atoms with Gasteiger partial charge < -0.3 is 13.7 Å². The zero-order valence-corrected chi connectivity index (χ0v) is 25.8. The maximum absolute atomic E-state index is 13.2. The Morgan fingerprint density at radius 1 is 0.907 bits per heavy atom. The van der Waals surface area contributed by atoms with E-state index in [4.69, 9.17) is 13.7 Å². The van der Waals surface area contributed by atoms with E-state index in [1.165, 1.54) is 19.2 Å². The Bertz CT molecular complexity index is 1840. The number of carbonyl (C=O) groups is 2. The van der Waals surface area contributed by atoms with Crippen LogP contribution in [-0.2, 0) is 14.9 Å². The second-order valence-corrected chi connectivity index (χ2v) is 12.8. The number of aryl methyl sites for hydroxylation is 1. The molecular formula is C33H31NO7S2. The Morgan fingerprint density at radius 3 is 2.44 bits per heavy atom. The van der Waals surface area contributed by atoms with Gasteiger partial charge in [0.25, 0.3) is 11.1 Å². The first-order chi connectivity index (χ1) is 20.6. The highest BCUT2D eigenvalue weighted by Crippen LogP contribution is 2.36. The van der Waals surface area contributed by atoms with Gasteiger partial charge in [0, 0.05) is 5.39 Å². The van der Waals surface area contributed by atoms with Crippen LogP contribution in [0.15, 0.2) is 88.7 Å². The molecule has 5 rings (SSSR count). The molecule has 0 aliphatic carbocycles. The summed E-state index contributed by atoms with van der Waals surface area (Å²) in [4.78, 5) is 27.2. The Hall–Kier alpha value is -4.28. The lowest BCUT2D eigenvalue weighted by Crippen LogP contribution is -2.32. The van der Waals surface area contributed by atoms with E-state index in [2.05, 4.69) is 13.8 Å². The highest BCUT2D eigenvalue weighted by Gasteiger charge is 2.35. The summed E-state index contributed by atoms with van der Waals surface area (Å²) in [6.07, 6.45) is 1.56. The molecule has 4 aromatic rings. The van der Waals surface area contributed by atoms with Gasteiger partial charge in [0.1, 0.15) is 17.3 Å². The molecule has 0 bridgehead atoms. The molecule has 0 radical (unpaired) electrons. The number of fused-ring (bicyclic) bond motifs is 1. The van der Waals surface area contributed by atoms with E-state index in [1.807, 2.05) is 43.3 Å². The monoisotopic (exact) mass is 617 g/mol. The lowest BCUT2D eigenvalue weighted by atomic mass is 10.0. The molecule has 1 saturated heterocycles. The Labute approximate surface area is 255 Å². The van der Waals surface area contributed by atoms with Crippen LogP contribution in [0.1, 0.15) is 36.5 Å². The highest BCUT2D eigenvalue weighted by atomic mass is 32.2. The minimum Gasteiger partial charge on any atom is -0.493 e. The van der Waals surface area contributed by atoms with Crippen molar-refractivity contribution in [3.05, 3.63) is 100 Å². The number of nitrogens with zero attached hydrogens (tertiary/aromatic N) is 1. The summed E-state index contributed by atoms with van der Waals surface area (Å²) in [5, 5.41) is 0.924. The van der Waals surface area contributed by atoms with Gasteiger partial charge in [-0.25, -0.2) is 0 Å². The van der Waals surface area contributed by atoms with Gasteiger partial charge in [0.15, 0.2) is 11.5 Å². The van der Waals surface area contributed by atoms with Crippen molar-refractivity contribution >= 4 is 49.9 Å². The van der Waals surface area contributed by atoms with Gasteiger partial charge in [0.05, 0.1) is 18.6 Å². The fourth-order valence-corrected chi connectivity index (χ4v) is 6.78. The van der Waals surface area contributed by atoms with Crippen LogP contribution in [0.3, 0.4) is 0 Å². The van der Waals surface area contributed by atoms with Crippen molar-refractivity contribution in [2.75, 3.05) is 20.3 Å². The third-order valence-corrected chi connectivity index (χ3v) is 9.14. The minimum absolute atomic E-state index is 0.00486. The van der Waals surface area contributed by atoms with E-state index in [0.29, 0.717) is 10.9 Å². The zero-order chi connectivity index (χ0) is 30.7. The van der Waals surface area contributed by atoms with Crippen molar-refractivity contribution in [1.29, 1.82) is 0 Å². The first-order valence-electron chi connectivity index (χ1n) is 13.7. The van der Waals surface area contributed by atoms with Gasteiger partial charge >= 0.3 is 10.1 Å². The maximum atomic E-state index is 13.2. The normalized spacial score (nSPS) is 14.6. The van der Waals surface area contributed by atoms with E-state index in [1.54, 1.807) is 36.4 Å². The van der Waals surface area contributed by atoms with Crippen molar-refractivity contribution in [2.45, 2.75) is 31.6 Å². The van der Waals surface area contributed by atoms with Crippen molar-refractivity contribution in [1.82, 2.24) is 4.90 Å². The molecule has 0 spiro atoms. The summed E-state index contributed by atoms with van der Waals surface area (Å²) >= 11 is 0.834. The number of amides is 2. The van der Waals surface area contributed by atoms with Crippen LogP contribution in [-0.4, -0.2) is 44.7 Å². The first kappa shape index (κ1) is 30.2. The zero-order valence-electron chi connectivity index (χ0n) is 24.2. The molecule has 10 heteroatoms. The predicted octanol–water partition coefficient (Wildman–Crippen LogP) is 7.16. The van der Waals surface area contributed by atoms with Crippen LogP contribution in [0.4, 0.5) is 4.79 Å². The summed E-state index contributed by atoms with van der Waals surface area (Å²) < 4.78 is 43.3. The molecule has 2 amide bonds. The summed E-state index contributed by atoms with van der Waals surface area (Å²) in [6.45, 7) is 6.41. The van der Waals surface area contributed by atoms with Crippen LogP contribution in [0.2, 0.25) is 0 Å². The highest BCUT2D eigenvalue weighted by molar-refractivity contribution is 8.18. The number of thioether (sulfide) groups is 1. The number of ether oxygens (including phenoxy) is 2. The molecule has 1 fully saturated rings. The Morgan fingerprint density at radius 2 is 1.67 bits per heavy atom. The lowest BCUT2D eigenvalue weighted by molar-refractivity contribution is -0.123. The first-order valence-corrected chi connectivity index (χ1v) is 15.9. The number of methoxy groups -OCH3 is 1. The average Bonchev–Trinajstić information content (AvgIpc) is 3.24. The summed E-state index contributed by atoms with van der Waals surface area (Å²) in [7, 11) is -2.79. The smallest absolute Gasteiger partial charge is 0.339 e. The number of hydrogen-bond donors (Lipinski definition) is 0. The van der Waals surface area contributed by atoms with E-state index in [-0.39, 0.29) is 45.6 Å². The fourth-order valence-electron chi connectivity index (χ4n) is 4.75. The standard InChI is InChI=1S/C33H31NO7S2/c1-21(2)25-14-12-22(3)18-28(25)40-17-16-34-32(35)30(42-33(34)36)20-23-13-15-27(29(19-23)39-4)41-43(37,38)31-11-7-9-24-8-5-6-10-26(24)31/h5-15,18-21H,16-17H2,1-4H3/b30-20-. The van der Waals surface area contributed by atoms with Gasteiger partial charge in [-0.15, -0.1) is 0 Å². The van der Waals surface area contributed by atoms with Crippen molar-refractivity contribution in [3.8, 4) is 17.2 Å². The number of carbonyl (C=O) groups excluding carboxylic acids is 2. The second kappa shape index (κ2) is 12.5. The minimum atomic E-state index is -4.19. The summed E-state index contributed by atoms with van der Waals surface area (Å²) in [6, 6.07) is 22.7. The van der Waals surface area contributed by atoms with Crippen LogP contribution in [0, 0.1) is 6.92 Å². The van der Waals surface area contributed by atoms with Gasteiger partial charge in [-0.3, -0.25) is 14.5 Å². The van der Waals surface area contributed by atoms with Gasteiger partial charge in [-0.05, 0) is 77.0 Å². The largest absolute Gasteiger partial charge is 0.493 e. The van der Waals surface area contributed by atoms with Crippen LogP contribution < -0.4 is 13.7 Å². The molecule has 4 aromatic carbocycles. The molecular weight excluding hydrogens is 586 g/mol. The predicted molar refractivity (Wildman–Crippen MR) is 168 cm³/mol. The van der Waals surface area contributed by atoms with Crippen molar-refractivity contribution in [2.24, 2.45) is 0 Å². The molecule has 0 atom stereocenters. The lowest BCUT2D eigenvalue weighted by Gasteiger charge is -2.17. The number of imide groups is 1. The Kier molecular flexibility index (Phi) is 8.79. The van der Waals surface area contributed by atoms with Gasteiger partial charge in [0.2, 0.25) is 0 Å². The average molecular weight is 618 g/mol. The molecule has 1 heterocycles. The number of rotatable bonds is 10. The Balaban J connectivity index is 1.30. The quantitative estimate of drug-likeness (QED) is 0.137. The van der Waals surface area contributed by atoms with Gasteiger partial charge in [-0.2, -0.15) is 8.42 Å². The fraction of sp³-hybridized carbons (Fsp3) is 0.212. The number of hydrogen-bond acceptors (Lipinski definition) is 8. The van der Waals surface area contributed by atoms with Crippen LogP contribution in [0.5, 0.6) is 17.2 Å². The van der Waals surface area contributed by atoms with Crippen molar-refractivity contribution in [3.63, 3.8) is 0 Å². The molecule has 0 N–H and O–H groups in total. The molecule has 222 valence electrons. The molecule has 0 unspecified atom stereocenters. The van der Waals surface area contributed by atoms with E-state index in [0.717, 1.165) is 38.9 Å². The molecule has 0 saturated carbocycles. The second-order valence-electron chi connectivity index (χ2n) is 10.3. The topological polar surface area (TPSA) is 99.2 Å². The van der Waals surface area contributed by atoms with E-state index in [9.17, 15) is 18.0 Å². The third kappa shape index (κ3) is 6.55. The molecule has 1 aliphatic rings. The SMILES string of the molecule is COc1cc(/C=C2\SC(=O)N(CCOc3cc(C)ccc3C(C)C)C2=O)ccc1OS(=O)(=O)c1cccc2ccccc12.